The Morgan fingerprint density at radius 2 is 0.933 bits per heavy atom. The molecule has 352 valence electrons. The van der Waals surface area contributed by atoms with Gasteiger partial charge in [-0.05, 0) is 44.9 Å². The van der Waals surface area contributed by atoms with Crippen LogP contribution in [0.2, 0.25) is 0 Å². The van der Waals surface area contributed by atoms with Crippen molar-refractivity contribution in [3.8, 4) is 0 Å². The van der Waals surface area contributed by atoms with Gasteiger partial charge in [0, 0.05) is 12.8 Å². The van der Waals surface area contributed by atoms with Crippen LogP contribution < -0.4 is 0 Å². The summed E-state index contributed by atoms with van der Waals surface area (Å²) < 4.78 is 22.2. The number of allylic oxidation sites excluding steroid dienone is 4. The maximum atomic E-state index is 12.8. The molecule has 0 saturated carbocycles. The summed E-state index contributed by atoms with van der Waals surface area (Å²) in [5.74, 6) is -0.800. The van der Waals surface area contributed by atoms with Crippen LogP contribution in [-0.2, 0) is 28.5 Å². The van der Waals surface area contributed by atoms with E-state index >= 15 is 0 Å². The van der Waals surface area contributed by atoms with Crippen molar-refractivity contribution < 1.29 is 49.0 Å². The summed E-state index contributed by atoms with van der Waals surface area (Å²) in [6.45, 7) is 3.43. The SMILES string of the molecule is CCCCC/C=C/C/C=C/CCCCCCCCCCCC(=O)OC[C@@H](CO[C@H]1O[C@@H](CO)[C@@H](O)C(O)C1O)OC(=O)CCCCCCCCCCCCCCCCCC. The van der Waals surface area contributed by atoms with Crippen LogP contribution in [0.15, 0.2) is 24.3 Å². The third kappa shape index (κ3) is 31.9. The third-order valence-corrected chi connectivity index (χ3v) is 11.6. The van der Waals surface area contributed by atoms with Gasteiger partial charge in [-0.2, -0.15) is 0 Å². The molecule has 0 aliphatic carbocycles. The first kappa shape index (κ1) is 56.2. The molecule has 0 aromatic heterocycles. The van der Waals surface area contributed by atoms with Gasteiger partial charge >= 0.3 is 11.9 Å². The molecular weight excluding hydrogens is 761 g/mol. The number of ether oxygens (including phenoxy) is 4. The first-order chi connectivity index (χ1) is 29.3. The second kappa shape index (κ2) is 41.2. The van der Waals surface area contributed by atoms with Crippen LogP contribution in [0.3, 0.4) is 0 Å². The maximum absolute atomic E-state index is 12.8. The van der Waals surface area contributed by atoms with Crippen LogP contribution in [0, 0.1) is 0 Å². The molecule has 1 fully saturated rings. The van der Waals surface area contributed by atoms with Crippen LogP contribution in [0.1, 0.15) is 226 Å². The highest BCUT2D eigenvalue weighted by Gasteiger charge is 2.44. The van der Waals surface area contributed by atoms with E-state index in [1.54, 1.807) is 0 Å². The number of rotatable bonds is 42. The molecule has 1 rings (SSSR count). The number of hydrogen-bond acceptors (Lipinski definition) is 10. The molecule has 10 heteroatoms. The van der Waals surface area contributed by atoms with Crippen LogP contribution >= 0.6 is 0 Å². The molecule has 0 aromatic rings. The minimum atomic E-state index is -1.59. The van der Waals surface area contributed by atoms with Crippen molar-refractivity contribution in [2.45, 2.75) is 263 Å². The quantitative estimate of drug-likeness (QED) is 0.0265. The van der Waals surface area contributed by atoms with Gasteiger partial charge < -0.3 is 39.4 Å². The minimum Gasteiger partial charge on any atom is -0.462 e. The lowest BCUT2D eigenvalue weighted by Gasteiger charge is -2.39. The van der Waals surface area contributed by atoms with Gasteiger partial charge in [0.05, 0.1) is 13.2 Å². The molecule has 0 aromatic carbocycles. The molecule has 2 unspecified atom stereocenters. The number of aliphatic hydroxyl groups is 4. The van der Waals surface area contributed by atoms with Gasteiger partial charge in [-0.25, -0.2) is 0 Å². The molecule has 10 nitrogen and oxygen atoms in total. The van der Waals surface area contributed by atoms with Gasteiger partial charge in [-0.3, -0.25) is 9.59 Å². The Balaban J connectivity index is 2.27. The molecule has 1 aliphatic rings. The van der Waals surface area contributed by atoms with Crippen LogP contribution in [0.25, 0.3) is 0 Å². The lowest BCUT2D eigenvalue weighted by molar-refractivity contribution is -0.305. The van der Waals surface area contributed by atoms with E-state index < -0.39 is 49.4 Å². The smallest absolute Gasteiger partial charge is 0.306 e. The number of hydrogen-bond donors (Lipinski definition) is 4. The molecule has 0 bridgehead atoms. The van der Waals surface area contributed by atoms with E-state index in [9.17, 15) is 30.0 Å². The summed E-state index contributed by atoms with van der Waals surface area (Å²) in [4.78, 5) is 25.4. The maximum Gasteiger partial charge on any atom is 0.306 e. The average molecular weight is 853 g/mol. The van der Waals surface area contributed by atoms with Crippen molar-refractivity contribution in [2.75, 3.05) is 19.8 Å². The Labute approximate surface area is 366 Å². The van der Waals surface area contributed by atoms with E-state index in [0.717, 1.165) is 57.8 Å². The minimum absolute atomic E-state index is 0.215. The van der Waals surface area contributed by atoms with E-state index in [4.69, 9.17) is 18.9 Å². The van der Waals surface area contributed by atoms with E-state index in [1.165, 1.54) is 135 Å². The van der Waals surface area contributed by atoms with Gasteiger partial charge in [0.1, 0.15) is 31.0 Å². The highest BCUT2D eigenvalue weighted by Crippen LogP contribution is 2.23. The average Bonchev–Trinajstić information content (AvgIpc) is 3.25. The van der Waals surface area contributed by atoms with Gasteiger partial charge in [-0.1, -0.05) is 192 Å². The topological polar surface area (TPSA) is 152 Å². The Kier molecular flexibility index (Phi) is 38.6. The van der Waals surface area contributed by atoms with E-state index in [0.29, 0.717) is 6.42 Å². The molecule has 0 amide bonds. The normalized spacial score (nSPS) is 20.0. The number of esters is 2. The predicted octanol–water partition coefficient (Wildman–Crippen LogP) is 11.3. The van der Waals surface area contributed by atoms with Crippen LogP contribution in [0.4, 0.5) is 0 Å². The molecule has 0 radical (unpaired) electrons. The molecule has 1 saturated heterocycles. The zero-order chi connectivity index (χ0) is 43.7. The molecule has 0 spiro atoms. The molecular formula is C50H92O10. The number of unbranched alkanes of at least 4 members (excludes halogenated alkanes) is 27. The highest BCUT2D eigenvalue weighted by molar-refractivity contribution is 5.70. The standard InChI is InChI=1S/C50H92O10/c1-3-5-7-9-11-13-15-17-19-21-22-23-25-26-28-30-32-34-36-38-45(52)57-41-43(42-58-50-49(56)48(55)47(54)44(40-51)60-50)59-46(53)39-37-35-33-31-29-27-24-20-18-16-14-12-10-8-6-4-2/h11,13,17,19,43-44,47-51,54-56H,3-10,12,14-16,18,20-42H2,1-2H3/b13-11+,19-17+/t43-,44-,47+,48?,49?,50-/m0/s1. The largest absolute Gasteiger partial charge is 0.462 e. The number of aliphatic hydroxyl groups excluding tert-OH is 4. The van der Waals surface area contributed by atoms with Crippen molar-refractivity contribution >= 4 is 11.9 Å². The Bertz CT molecular complexity index is 1030. The van der Waals surface area contributed by atoms with Gasteiger partial charge in [-0.15, -0.1) is 0 Å². The van der Waals surface area contributed by atoms with E-state index in [1.807, 2.05) is 0 Å². The van der Waals surface area contributed by atoms with E-state index in [-0.39, 0.29) is 32.0 Å². The number of carbonyl (C=O) groups is 2. The van der Waals surface area contributed by atoms with Gasteiger partial charge in [0.15, 0.2) is 12.4 Å². The number of carbonyl (C=O) groups excluding carboxylic acids is 2. The first-order valence-corrected chi connectivity index (χ1v) is 24.9. The second-order valence-corrected chi connectivity index (χ2v) is 17.3. The molecule has 4 N–H and O–H groups in total. The van der Waals surface area contributed by atoms with Crippen molar-refractivity contribution in [3.05, 3.63) is 24.3 Å². The fourth-order valence-electron chi connectivity index (χ4n) is 7.63. The second-order valence-electron chi connectivity index (χ2n) is 17.3. The molecule has 1 aliphatic heterocycles. The van der Waals surface area contributed by atoms with Crippen molar-refractivity contribution in [1.29, 1.82) is 0 Å². The lowest BCUT2D eigenvalue weighted by Crippen LogP contribution is -2.59. The monoisotopic (exact) mass is 853 g/mol. The Morgan fingerprint density at radius 3 is 1.42 bits per heavy atom. The van der Waals surface area contributed by atoms with Crippen LogP contribution in [-0.4, -0.2) is 89.0 Å². The first-order valence-electron chi connectivity index (χ1n) is 24.9. The summed E-state index contributed by atoms with van der Waals surface area (Å²) in [7, 11) is 0. The van der Waals surface area contributed by atoms with Crippen molar-refractivity contribution in [1.82, 2.24) is 0 Å². The Morgan fingerprint density at radius 1 is 0.517 bits per heavy atom. The highest BCUT2D eigenvalue weighted by atomic mass is 16.7. The molecule has 1 heterocycles. The Hall–Kier alpha value is -1.82. The van der Waals surface area contributed by atoms with Crippen molar-refractivity contribution in [2.24, 2.45) is 0 Å². The fourth-order valence-corrected chi connectivity index (χ4v) is 7.63. The van der Waals surface area contributed by atoms with E-state index in [2.05, 4.69) is 38.2 Å². The molecule has 60 heavy (non-hydrogen) atoms. The summed E-state index contributed by atoms with van der Waals surface area (Å²) in [5.41, 5.74) is 0. The zero-order valence-electron chi connectivity index (χ0n) is 38.5. The summed E-state index contributed by atoms with van der Waals surface area (Å²) in [6, 6.07) is 0. The zero-order valence-corrected chi connectivity index (χ0v) is 38.5. The summed E-state index contributed by atoms with van der Waals surface area (Å²) in [6.07, 6.45) is 38.9. The lowest BCUT2D eigenvalue weighted by atomic mass is 9.99. The summed E-state index contributed by atoms with van der Waals surface area (Å²) >= 11 is 0. The van der Waals surface area contributed by atoms with Crippen LogP contribution in [0.5, 0.6) is 0 Å². The van der Waals surface area contributed by atoms with Gasteiger partial charge in [0.2, 0.25) is 0 Å². The predicted molar refractivity (Wildman–Crippen MR) is 243 cm³/mol. The fraction of sp³-hybridized carbons (Fsp3) is 0.880. The van der Waals surface area contributed by atoms with Crippen molar-refractivity contribution in [3.63, 3.8) is 0 Å². The summed E-state index contributed by atoms with van der Waals surface area (Å²) in [5, 5.41) is 40.2. The van der Waals surface area contributed by atoms with Gasteiger partial charge in [0.25, 0.3) is 0 Å². The molecule has 6 atom stereocenters. The third-order valence-electron chi connectivity index (χ3n) is 11.6.